The number of benzene rings is 1. The Morgan fingerprint density at radius 3 is 2.57 bits per heavy atom. The Labute approximate surface area is 126 Å². The van der Waals surface area contributed by atoms with Crippen LogP contribution in [-0.4, -0.2) is 23.8 Å². The van der Waals surface area contributed by atoms with Crippen molar-refractivity contribution in [1.82, 2.24) is 8.87 Å². The van der Waals surface area contributed by atoms with Gasteiger partial charge in [0.2, 0.25) is 10.0 Å². The molecule has 0 fully saturated rings. The Balaban J connectivity index is 2.01. The maximum Gasteiger partial charge on any atom is 0.243 e. The van der Waals surface area contributed by atoms with Crippen molar-refractivity contribution in [3.05, 3.63) is 53.3 Å². The van der Waals surface area contributed by atoms with Crippen molar-refractivity contribution >= 4 is 10.0 Å². The molecule has 4 nitrogen and oxygen atoms in total. The molecule has 0 saturated heterocycles. The van der Waals surface area contributed by atoms with E-state index in [4.69, 9.17) is 0 Å². The summed E-state index contributed by atoms with van der Waals surface area (Å²) in [6.07, 6.45) is 2.01. The Kier molecular flexibility index (Phi) is 3.42. The minimum Gasteiger partial charge on any atom is -0.349 e. The van der Waals surface area contributed by atoms with Gasteiger partial charge in [0.05, 0.1) is 10.9 Å². The van der Waals surface area contributed by atoms with Crippen molar-refractivity contribution < 1.29 is 8.42 Å². The first-order valence-electron chi connectivity index (χ1n) is 7.15. The van der Waals surface area contributed by atoms with Crippen molar-refractivity contribution in [2.75, 3.05) is 6.54 Å². The highest BCUT2D eigenvalue weighted by atomic mass is 32.2. The number of hydrogen-bond donors (Lipinski definition) is 0. The largest absolute Gasteiger partial charge is 0.349 e. The summed E-state index contributed by atoms with van der Waals surface area (Å²) in [4.78, 5) is 0.387. The van der Waals surface area contributed by atoms with E-state index in [1.807, 2.05) is 45.2 Å². The first-order chi connectivity index (χ1) is 9.91. The van der Waals surface area contributed by atoms with Gasteiger partial charge >= 0.3 is 0 Å². The molecule has 0 bridgehead atoms. The molecule has 1 aromatic heterocycles. The van der Waals surface area contributed by atoms with Gasteiger partial charge < -0.3 is 4.57 Å². The molecular formula is C16H20N2O2S. The van der Waals surface area contributed by atoms with E-state index in [0.29, 0.717) is 18.0 Å². The molecule has 1 aromatic carbocycles. The number of aromatic nitrogens is 1. The fourth-order valence-electron chi connectivity index (χ4n) is 2.90. The van der Waals surface area contributed by atoms with E-state index in [9.17, 15) is 8.42 Å². The average Bonchev–Trinajstić information content (AvgIpc) is 2.91. The zero-order valence-electron chi connectivity index (χ0n) is 12.6. The van der Waals surface area contributed by atoms with Crippen molar-refractivity contribution in [2.24, 2.45) is 0 Å². The first-order valence-corrected chi connectivity index (χ1v) is 8.59. The topological polar surface area (TPSA) is 42.3 Å². The fourth-order valence-corrected chi connectivity index (χ4v) is 4.58. The van der Waals surface area contributed by atoms with Crippen LogP contribution >= 0.6 is 0 Å². The van der Waals surface area contributed by atoms with Crippen LogP contribution in [0.25, 0.3) is 0 Å². The third-order valence-corrected chi connectivity index (χ3v) is 6.34. The van der Waals surface area contributed by atoms with E-state index in [-0.39, 0.29) is 6.04 Å². The Hall–Kier alpha value is -1.59. The maximum atomic E-state index is 12.9. The molecule has 1 aliphatic rings. The minimum atomic E-state index is -3.45. The van der Waals surface area contributed by atoms with Crippen LogP contribution in [0.3, 0.4) is 0 Å². The SMILES string of the molecule is Cc1ccc(S(=O)(=O)N2CCn3cccc3[C@H]2C)cc1C. The van der Waals surface area contributed by atoms with Gasteiger partial charge in [-0.1, -0.05) is 6.07 Å². The van der Waals surface area contributed by atoms with Crippen molar-refractivity contribution in [3.8, 4) is 0 Å². The number of hydrogen-bond acceptors (Lipinski definition) is 2. The zero-order chi connectivity index (χ0) is 15.2. The van der Waals surface area contributed by atoms with Crippen molar-refractivity contribution in [1.29, 1.82) is 0 Å². The van der Waals surface area contributed by atoms with Gasteiger partial charge in [0.15, 0.2) is 0 Å². The molecule has 0 amide bonds. The van der Waals surface area contributed by atoms with Crippen LogP contribution in [0.1, 0.15) is 29.8 Å². The molecule has 21 heavy (non-hydrogen) atoms. The molecule has 3 rings (SSSR count). The number of aryl methyl sites for hydroxylation is 2. The molecule has 0 N–H and O–H groups in total. The van der Waals surface area contributed by atoms with E-state index in [1.54, 1.807) is 16.4 Å². The predicted octanol–water partition coefficient (Wildman–Crippen LogP) is 2.87. The van der Waals surface area contributed by atoms with E-state index in [2.05, 4.69) is 4.57 Å². The molecule has 2 heterocycles. The molecular weight excluding hydrogens is 284 g/mol. The molecule has 0 unspecified atom stereocenters. The van der Waals surface area contributed by atoms with Crippen LogP contribution in [0.5, 0.6) is 0 Å². The van der Waals surface area contributed by atoms with E-state index >= 15 is 0 Å². The highest BCUT2D eigenvalue weighted by Crippen LogP contribution is 2.31. The summed E-state index contributed by atoms with van der Waals surface area (Å²) in [5.74, 6) is 0. The highest BCUT2D eigenvalue weighted by molar-refractivity contribution is 7.89. The fraction of sp³-hybridized carbons (Fsp3) is 0.375. The lowest BCUT2D eigenvalue weighted by atomic mass is 10.1. The van der Waals surface area contributed by atoms with E-state index in [1.165, 1.54) is 0 Å². The lowest BCUT2D eigenvalue weighted by Crippen LogP contribution is -2.40. The first kappa shape index (κ1) is 14.4. The van der Waals surface area contributed by atoms with E-state index in [0.717, 1.165) is 16.8 Å². The Morgan fingerprint density at radius 2 is 1.86 bits per heavy atom. The van der Waals surface area contributed by atoms with Crippen molar-refractivity contribution in [2.45, 2.75) is 38.3 Å². The Bertz CT molecular complexity index is 777. The molecule has 0 saturated carbocycles. The van der Waals surface area contributed by atoms with Gasteiger partial charge in [0, 0.05) is 25.0 Å². The second kappa shape index (κ2) is 5.00. The molecule has 5 heteroatoms. The van der Waals surface area contributed by atoms with Gasteiger partial charge in [0.1, 0.15) is 0 Å². The quantitative estimate of drug-likeness (QED) is 0.856. The lowest BCUT2D eigenvalue weighted by Gasteiger charge is -2.34. The van der Waals surface area contributed by atoms with Crippen LogP contribution in [0.4, 0.5) is 0 Å². The summed E-state index contributed by atoms with van der Waals surface area (Å²) in [5.41, 5.74) is 3.16. The normalized spacial score (nSPS) is 19.5. The number of sulfonamides is 1. The second-order valence-electron chi connectivity index (χ2n) is 5.66. The summed E-state index contributed by atoms with van der Waals surface area (Å²) in [7, 11) is -3.45. The van der Waals surface area contributed by atoms with Gasteiger partial charge in [-0.25, -0.2) is 8.42 Å². The molecule has 112 valence electrons. The van der Waals surface area contributed by atoms with Crippen LogP contribution in [0.2, 0.25) is 0 Å². The smallest absolute Gasteiger partial charge is 0.243 e. The Morgan fingerprint density at radius 1 is 1.10 bits per heavy atom. The molecule has 0 aliphatic carbocycles. The number of nitrogens with zero attached hydrogens (tertiary/aromatic N) is 2. The monoisotopic (exact) mass is 304 g/mol. The molecule has 2 aromatic rings. The van der Waals surface area contributed by atoms with Crippen LogP contribution < -0.4 is 0 Å². The number of fused-ring (bicyclic) bond motifs is 1. The minimum absolute atomic E-state index is 0.139. The lowest BCUT2D eigenvalue weighted by molar-refractivity contribution is 0.282. The summed E-state index contributed by atoms with van der Waals surface area (Å²) in [5, 5.41) is 0. The summed E-state index contributed by atoms with van der Waals surface area (Å²) in [6, 6.07) is 9.17. The third kappa shape index (κ3) is 2.30. The number of rotatable bonds is 2. The van der Waals surface area contributed by atoms with E-state index < -0.39 is 10.0 Å². The zero-order valence-corrected chi connectivity index (χ0v) is 13.4. The maximum absolute atomic E-state index is 12.9. The summed E-state index contributed by atoms with van der Waals surface area (Å²) < 4.78 is 29.5. The van der Waals surface area contributed by atoms with Crippen molar-refractivity contribution in [3.63, 3.8) is 0 Å². The molecule has 0 radical (unpaired) electrons. The summed E-state index contributed by atoms with van der Waals surface area (Å²) >= 11 is 0. The third-order valence-electron chi connectivity index (χ3n) is 4.37. The van der Waals surface area contributed by atoms with Gasteiger partial charge in [-0.2, -0.15) is 4.31 Å². The average molecular weight is 304 g/mol. The standard InChI is InChI=1S/C16H20N2O2S/c1-12-6-7-15(11-13(12)2)21(19,20)18-10-9-17-8-4-5-16(17)14(18)3/h4-8,11,14H,9-10H2,1-3H3/t14-/m1/s1. The van der Waals surface area contributed by atoms with Gasteiger partial charge in [-0.3, -0.25) is 0 Å². The van der Waals surface area contributed by atoms with Gasteiger partial charge in [-0.05, 0) is 56.2 Å². The molecule has 0 spiro atoms. The van der Waals surface area contributed by atoms with Crippen LogP contribution in [-0.2, 0) is 16.6 Å². The summed E-state index contributed by atoms with van der Waals surface area (Å²) in [6.45, 7) is 7.10. The molecule has 1 atom stereocenters. The molecule has 1 aliphatic heterocycles. The van der Waals surface area contributed by atoms with Gasteiger partial charge in [0.25, 0.3) is 0 Å². The predicted molar refractivity (Wildman–Crippen MR) is 82.7 cm³/mol. The van der Waals surface area contributed by atoms with Gasteiger partial charge in [-0.15, -0.1) is 0 Å². The highest BCUT2D eigenvalue weighted by Gasteiger charge is 2.33. The van der Waals surface area contributed by atoms with Crippen LogP contribution in [0.15, 0.2) is 41.4 Å². The van der Waals surface area contributed by atoms with Crippen LogP contribution in [0, 0.1) is 13.8 Å². The second-order valence-corrected chi connectivity index (χ2v) is 7.55.